The van der Waals surface area contributed by atoms with E-state index >= 15 is 0 Å². The molecule has 1 heterocycles. The Morgan fingerprint density at radius 3 is 2.75 bits per heavy atom. The van der Waals surface area contributed by atoms with E-state index in [4.69, 9.17) is 0 Å². The molecular formula is C11H21N3O2. The Bertz CT molecular complexity index is 266. The third kappa shape index (κ3) is 3.57. The highest BCUT2D eigenvalue weighted by Crippen LogP contribution is 2.07. The lowest BCUT2D eigenvalue weighted by molar-refractivity contribution is -0.140. The number of amides is 2. The highest BCUT2D eigenvalue weighted by atomic mass is 16.2. The molecule has 16 heavy (non-hydrogen) atoms. The van der Waals surface area contributed by atoms with E-state index in [0.717, 1.165) is 19.5 Å². The average molecular weight is 227 g/mol. The van der Waals surface area contributed by atoms with Gasteiger partial charge in [-0.1, -0.05) is 20.8 Å². The topological polar surface area (TPSA) is 61.4 Å². The molecule has 0 spiro atoms. The van der Waals surface area contributed by atoms with E-state index in [1.807, 2.05) is 11.8 Å². The average Bonchev–Trinajstić information content (AvgIpc) is 2.16. The molecule has 92 valence electrons. The smallest absolute Gasteiger partial charge is 0.243 e. The molecule has 2 N–H and O–H groups in total. The number of nitrogens with one attached hydrogen (secondary N) is 2. The van der Waals surface area contributed by atoms with Crippen LogP contribution in [0.4, 0.5) is 0 Å². The molecule has 2 amide bonds. The fourth-order valence-corrected chi connectivity index (χ4v) is 1.90. The van der Waals surface area contributed by atoms with Gasteiger partial charge < -0.3 is 5.32 Å². The SMILES string of the molecule is CCC1C(=O)NC(=O)CN1CCNC(C)C. The molecule has 0 aromatic rings. The van der Waals surface area contributed by atoms with Gasteiger partial charge in [0.2, 0.25) is 11.8 Å². The van der Waals surface area contributed by atoms with E-state index in [1.165, 1.54) is 0 Å². The Balaban J connectivity index is 2.47. The van der Waals surface area contributed by atoms with Crippen LogP contribution in [0.3, 0.4) is 0 Å². The van der Waals surface area contributed by atoms with Gasteiger partial charge in [0.25, 0.3) is 0 Å². The molecule has 0 aromatic heterocycles. The Morgan fingerprint density at radius 2 is 2.19 bits per heavy atom. The molecular weight excluding hydrogens is 206 g/mol. The molecule has 0 aliphatic carbocycles. The number of imide groups is 1. The molecule has 0 radical (unpaired) electrons. The summed E-state index contributed by atoms with van der Waals surface area (Å²) in [6.45, 7) is 7.97. The zero-order valence-electron chi connectivity index (χ0n) is 10.2. The van der Waals surface area contributed by atoms with Gasteiger partial charge in [0.1, 0.15) is 0 Å². The number of carbonyl (C=O) groups is 2. The Hall–Kier alpha value is -0.940. The standard InChI is InChI=1S/C11H21N3O2/c1-4-9-11(16)13-10(15)7-14(9)6-5-12-8(2)3/h8-9,12H,4-7H2,1-3H3,(H,13,15,16). The van der Waals surface area contributed by atoms with E-state index in [1.54, 1.807) is 0 Å². The third-order valence-corrected chi connectivity index (χ3v) is 2.69. The monoisotopic (exact) mass is 227 g/mol. The maximum Gasteiger partial charge on any atom is 0.243 e. The van der Waals surface area contributed by atoms with Crippen molar-refractivity contribution in [3.63, 3.8) is 0 Å². The second-order valence-corrected chi connectivity index (χ2v) is 4.42. The van der Waals surface area contributed by atoms with Crippen LogP contribution in [0.25, 0.3) is 0 Å². The van der Waals surface area contributed by atoms with Gasteiger partial charge in [0.15, 0.2) is 0 Å². The third-order valence-electron chi connectivity index (χ3n) is 2.69. The summed E-state index contributed by atoms with van der Waals surface area (Å²) in [5, 5.41) is 5.65. The molecule has 1 aliphatic heterocycles. The Labute approximate surface area is 96.6 Å². The summed E-state index contributed by atoms with van der Waals surface area (Å²) >= 11 is 0. The number of piperazine rings is 1. The first-order valence-corrected chi connectivity index (χ1v) is 5.85. The molecule has 1 atom stereocenters. The quantitative estimate of drug-likeness (QED) is 0.634. The highest BCUT2D eigenvalue weighted by molar-refractivity contribution is 6.01. The van der Waals surface area contributed by atoms with Gasteiger partial charge in [-0.25, -0.2) is 0 Å². The van der Waals surface area contributed by atoms with Crippen molar-refractivity contribution in [2.45, 2.75) is 39.3 Å². The minimum Gasteiger partial charge on any atom is -0.313 e. The van der Waals surface area contributed by atoms with Crippen molar-refractivity contribution in [3.8, 4) is 0 Å². The zero-order valence-corrected chi connectivity index (χ0v) is 10.2. The minimum atomic E-state index is -0.195. The van der Waals surface area contributed by atoms with Gasteiger partial charge in [0.05, 0.1) is 12.6 Å². The van der Waals surface area contributed by atoms with E-state index in [-0.39, 0.29) is 17.9 Å². The van der Waals surface area contributed by atoms with E-state index in [0.29, 0.717) is 12.6 Å². The summed E-state index contributed by atoms with van der Waals surface area (Å²) in [6, 6.07) is 0.265. The molecule has 0 aromatic carbocycles. The molecule has 1 saturated heterocycles. The summed E-state index contributed by atoms with van der Waals surface area (Å²) in [7, 11) is 0. The second-order valence-electron chi connectivity index (χ2n) is 4.42. The maximum absolute atomic E-state index is 11.5. The second kappa shape index (κ2) is 5.96. The summed E-state index contributed by atoms with van der Waals surface area (Å²) in [5.74, 6) is -0.359. The Kier molecular flexibility index (Phi) is 4.89. The lowest BCUT2D eigenvalue weighted by Gasteiger charge is -2.33. The van der Waals surface area contributed by atoms with Crippen molar-refractivity contribution in [2.24, 2.45) is 0 Å². The molecule has 0 bridgehead atoms. The van der Waals surface area contributed by atoms with Crippen LogP contribution in [-0.2, 0) is 9.59 Å². The highest BCUT2D eigenvalue weighted by Gasteiger charge is 2.31. The van der Waals surface area contributed by atoms with Crippen molar-refractivity contribution < 1.29 is 9.59 Å². The van der Waals surface area contributed by atoms with Crippen LogP contribution in [-0.4, -0.2) is 48.4 Å². The minimum absolute atomic E-state index is 0.160. The van der Waals surface area contributed by atoms with Gasteiger partial charge >= 0.3 is 0 Å². The van der Waals surface area contributed by atoms with Crippen LogP contribution in [0.5, 0.6) is 0 Å². The number of nitrogens with zero attached hydrogens (tertiary/aromatic N) is 1. The lowest BCUT2D eigenvalue weighted by atomic mass is 10.1. The van der Waals surface area contributed by atoms with E-state index in [9.17, 15) is 9.59 Å². The first-order chi connectivity index (χ1) is 7.54. The largest absolute Gasteiger partial charge is 0.313 e. The van der Waals surface area contributed by atoms with E-state index in [2.05, 4.69) is 24.5 Å². The van der Waals surface area contributed by atoms with Gasteiger partial charge in [-0.2, -0.15) is 0 Å². The summed E-state index contributed by atoms with van der Waals surface area (Å²) in [6.07, 6.45) is 0.737. The Morgan fingerprint density at radius 1 is 1.50 bits per heavy atom. The molecule has 0 saturated carbocycles. The van der Waals surface area contributed by atoms with Gasteiger partial charge in [0, 0.05) is 19.1 Å². The van der Waals surface area contributed by atoms with Crippen molar-refractivity contribution in [1.29, 1.82) is 0 Å². The first kappa shape index (κ1) is 13.1. The number of rotatable bonds is 5. The molecule has 1 fully saturated rings. The zero-order chi connectivity index (χ0) is 12.1. The van der Waals surface area contributed by atoms with Gasteiger partial charge in [-0.3, -0.25) is 19.8 Å². The predicted molar refractivity (Wildman–Crippen MR) is 61.9 cm³/mol. The summed E-state index contributed by atoms with van der Waals surface area (Å²) in [4.78, 5) is 24.7. The predicted octanol–water partition coefficient (Wildman–Crippen LogP) is -0.279. The number of carbonyl (C=O) groups excluding carboxylic acids is 2. The molecule has 1 unspecified atom stereocenters. The molecule has 1 aliphatic rings. The normalized spacial score (nSPS) is 22.6. The van der Waals surface area contributed by atoms with E-state index < -0.39 is 0 Å². The van der Waals surface area contributed by atoms with Crippen molar-refractivity contribution in [1.82, 2.24) is 15.5 Å². The van der Waals surface area contributed by atoms with Crippen molar-refractivity contribution in [2.75, 3.05) is 19.6 Å². The van der Waals surface area contributed by atoms with Crippen molar-refractivity contribution >= 4 is 11.8 Å². The van der Waals surface area contributed by atoms with Gasteiger partial charge in [-0.05, 0) is 6.42 Å². The fraction of sp³-hybridized carbons (Fsp3) is 0.818. The fourth-order valence-electron chi connectivity index (χ4n) is 1.90. The van der Waals surface area contributed by atoms with Crippen LogP contribution >= 0.6 is 0 Å². The van der Waals surface area contributed by atoms with Gasteiger partial charge in [-0.15, -0.1) is 0 Å². The molecule has 5 heteroatoms. The molecule has 5 nitrogen and oxygen atoms in total. The summed E-state index contributed by atoms with van der Waals surface area (Å²) in [5.41, 5.74) is 0. The maximum atomic E-state index is 11.5. The molecule has 1 rings (SSSR count). The first-order valence-electron chi connectivity index (χ1n) is 5.85. The van der Waals surface area contributed by atoms with Crippen LogP contribution in [0.15, 0.2) is 0 Å². The number of hydrogen-bond donors (Lipinski definition) is 2. The van der Waals surface area contributed by atoms with Crippen LogP contribution < -0.4 is 10.6 Å². The van der Waals surface area contributed by atoms with Crippen LogP contribution in [0, 0.1) is 0 Å². The number of hydrogen-bond acceptors (Lipinski definition) is 4. The summed E-state index contributed by atoms with van der Waals surface area (Å²) < 4.78 is 0. The lowest BCUT2D eigenvalue weighted by Crippen LogP contribution is -2.58. The van der Waals surface area contributed by atoms with Crippen LogP contribution in [0.2, 0.25) is 0 Å². The van der Waals surface area contributed by atoms with Crippen molar-refractivity contribution in [3.05, 3.63) is 0 Å². The van der Waals surface area contributed by atoms with Crippen LogP contribution in [0.1, 0.15) is 27.2 Å².